The Kier molecular flexibility index (Phi) is 2.83. The van der Waals surface area contributed by atoms with Gasteiger partial charge in [-0.1, -0.05) is 0 Å². The average molecular weight is 308 g/mol. The van der Waals surface area contributed by atoms with E-state index in [1.165, 1.54) is 17.4 Å². The Balaban J connectivity index is 2.01. The summed E-state index contributed by atoms with van der Waals surface area (Å²) in [5, 5.41) is -0.435. The number of sulfone groups is 1. The first-order valence-corrected chi connectivity index (χ1v) is 7.35. The van der Waals surface area contributed by atoms with Crippen LogP contribution in [0.15, 0.2) is 21.2 Å². The van der Waals surface area contributed by atoms with Crippen LogP contribution < -0.4 is 0 Å². The zero-order valence-corrected chi connectivity index (χ0v) is 10.9. The Labute approximate surface area is 101 Å². The van der Waals surface area contributed by atoms with E-state index in [1.54, 1.807) is 6.07 Å². The molecular formula is C9H10BrNO4S. The van der Waals surface area contributed by atoms with Crippen molar-refractivity contribution in [1.29, 1.82) is 0 Å². The van der Waals surface area contributed by atoms with Gasteiger partial charge in [-0.25, -0.2) is 8.42 Å². The molecule has 0 radical (unpaired) electrons. The normalized spacial score (nSPS) is 17.2. The van der Waals surface area contributed by atoms with Crippen molar-refractivity contribution in [2.75, 3.05) is 19.3 Å². The number of halogens is 1. The van der Waals surface area contributed by atoms with Gasteiger partial charge in [0.1, 0.15) is 6.26 Å². The molecule has 0 aliphatic carbocycles. The molecule has 0 spiro atoms. The molecule has 0 aromatic carbocycles. The molecule has 0 saturated carbocycles. The summed E-state index contributed by atoms with van der Waals surface area (Å²) in [5.74, 6) is -0.0515. The summed E-state index contributed by atoms with van der Waals surface area (Å²) in [6.45, 7) is 0.492. The maximum atomic E-state index is 11.7. The quantitative estimate of drug-likeness (QED) is 0.814. The lowest BCUT2D eigenvalue weighted by molar-refractivity contribution is 0.0626. The summed E-state index contributed by atoms with van der Waals surface area (Å²) >= 11 is 3.17. The molecule has 0 atom stereocenters. The van der Waals surface area contributed by atoms with Gasteiger partial charge in [0.2, 0.25) is 0 Å². The van der Waals surface area contributed by atoms with Crippen LogP contribution >= 0.6 is 15.9 Å². The summed E-state index contributed by atoms with van der Waals surface area (Å²) in [4.78, 5) is 13.2. The van der Waals surface area contributed by atoms with Gasteiger partial charge in [0.15, 0.2) is 15.6 Å². The number of likely N-dealkylation sites (tertiary alicyclic amines) is 1. The second-order valence-corrected chi connectivity index (χ2v) is 7.03. The third-order valence-electron chi connectivity index (χ3n) is 2.52. The summed E-state index contributed by atoms with van der Waals surface area (Å²) < 4.78 is 28.0. The molecule has 88 valence electrons. The van der Waals surface area contributed by atoms with Crippen LogP contribution in [0.3, 0.4) is 0 Å². The molecule has 2 heterocycles. The highest BCUT2D eigenvalue weighted by Crippen LogP contribution is 2.21. The number of hydrogen-bond donors (Lipinski definition) is 0. The van der Waals surface area contributed by atoms with Gasteiger partial charge in [-0.15, -0.1) is 0 Å². The van der Waals surface area contributed by atoms with E-state index in [0.29, 0.717) is 4.47 Å². The smallest absolute Gasteiger partial charge is 0.289 e. The molecule has 1 fully saturated rings. The van der Waals surface area contributed by atoms with Gasteiger partial charge in [0.05, 0.1) is 9.72 Å². The standard InChI is InChI=1S/C9H10BrNO4S/c1-16(13,14)7-3-11(4-7)9(12)8-2-6(10)5-15-8/h2,5,7H,3-4H2,1H3. The average Bonchev–Trinajstić information content (AvgIpc) is 2.45. The number of rotatable bonds is 2. The van der Waals surface area contributed by atoms with Crippen LogP contribution in [0.1, 0.15) is 10.6 Å². The van der Waals surface area contributed by atoms with E-state index >= 15 is 0 Å². The zero-order chi connectivity index (χ0) is 11.9. The minimum Gasteiger partial charge on any atom is -0.458 e. The Bertz CT molecular complexity index is 515. The van der Waals surface area contributed by atoms with E-state index in [2.05, 4.69) is 15.9 Å². The van der Waals surface area contributed by atoms with Crippen molar-refractivity contribution in [3.05, 3.63) is 22.6 Å². The lowest BCUT2D eigenvalue weighted by Crippen LogP contribution is -2.56. The van der Waals surface area contributed by atoms with E-state index in [4.69, 9.17) is 4.42 Å². The van der Waals surface area contributed by atoms with Gasteiger partial charge in [-0.2, -0.15) is 0 Å². The largest absolute Gasteiger partial charge is 0.458 e. The molecule has 5 nitrogen and oxygen atoms in total. The zero-order valence-electron chi connectivity index (χ0n) is 8.51. The van der Waals surface area contributed by atoms with Crippen molar-refractivity contribution in [1.82, 2.24) is 4.90 Å². The first-order chi connectivity index (χ1) is 7.38. The van der Waals surface area contributed by atoms with Crippen LogP contribution in [0, 0.1) is 0 Å². The number of nitrogens with zero attached hydrogens (tertiary/aromatic N) is 1. The van der Waals surface area contributed by atoms with E-state index in [1.807, 2.05) is 0 Å². The van der Waals surface area contributed by atoms with Gasteiger partial charge < -0.3 is 9.32 Å². The van der Waals surface area contributed by atoms with E-state index in [-0.39, 0.29) is 24.8 Å². The van der Waals surface area contributed by atoms with Crippen molar-refractivity contribution >= 4 is 31.7 Å². The van der Waals surface area contributed by atoms with Crippen LogP contribution in [-0.2, 0) is 9.84 Å². The van der Waals surface area contributed by atoms with Crippen LogP contribution in [0.2, 0.25) is 0 Å². The third-order valence-corrected chi connectivity index (χ3v) is 4.44. The Hall–Kier alpha value is -0.820. The van der Waals surface area contributed by atoms with E-state index < -0.39 is 15.1 Å². The van der Waals surface area contributed by atoms with Crippen molar-refractivity contribution in [3.8, 4) is 0 Å². The van der Waals surface area contributed by atoms with Gasteiger partial charge >= 0.3 is 0 Å². The van der Waals surface area contributed by atoms with Crippen LogP contribution in [-0.4, -0.2) is 43.8 Å². The Morgan fingerprint density at radius 3 is 2.62 bits per heavy atom. The molecular weight excluding hydrogens is 298 g/mol. The SMILES string of the molecule is CS(=O)(=O)C1CN(C(=O)c2cc(Br)co2)C1. The predicted octanol–water partition coefficient (Wildman–Crippen LogP) is 0.911. The van der Waals surface area contributed by atoms with Gasteiger partial charge in [-0.3, -0.25) is 4.79 Å². The van der Waals surface area contributed by atoms with Gasteiger partial charge in [0.25, 0.3) is 5.91 Å². The Morgan fingerprint density at radius 2 is 2.19 bits per heavy atom. The molecule has 0 bridgehead atoms. The molecule has 1 aliphatic heterocycles. The molecule has 0 unspecified atom stereocenters. The summed E-state index contributed by atoms with van der Waals surface area (Å²) in [7, 11) is -3.04. The van der Waals surface area contributed by atoms with Crippen molar-refractivity contribution in [3.63, 3.8) is 0 Å². The summed E-state index contributed by atoms with van der Waals surface area (Å²) in [5.41, 5.74) is 0. The monoisotopic (exact) mass is 307 g/mol. The molecule has 1 aromatic rings. The molecule has 1 aliphatic rings. The fourth-order valence-electron chi connectivity index (χ4n) is 1.46. The van der Waals surface area contributed by atoms with Crippen LogP contribution in [0.4, 0.5) is 0 Å². The van der Waals surface area contributed by atoms with Gasteiger partial charge in [-0.05, 0) is 15.9 Å². The minimum absolute atomic E-state index is 0.221. The number of amides is 1. The fourth-order valence-corrected chi connectivity index (χ4v) is 2.66. The highest BCUT2D eigenvalue weighted by molar-refractivity contribution is 9.10. The highest BCUT2D eigenvalue weighted by atomic mass is 79.9. The summed E-state index contributed by atoms with van der Waals surface area (Å²) in [6, 6.07) is 1.57. The van der Waals surface area contributed by atoms with Crippen molar-refractivity contribution in [2.45, 2.75) is 5.25 Å². The number of furan rings is 1. The molecule has 2 rings (SSSR count). The van der Waals surface area contributed by atoms with E-state index in [9.17, 15) is 13.2 Å². The molecule has 0 N–H and O–H groups in total. The first kappa shape index (κ1) is 11.7. The number of carbonyl (C=O) groups is 1. The van der Waals surface area contributed by atoms with E-state index in [0.717, 1.165) is 0 Å². The number of hydrogen-bond acceptors (Lipinski definition) is 4. The minimum atomic E-state index is -3.04. The molecule has 1 amide bonds. The van der Waals surface area contributed by atoms with Crippen molar-refractivity contribution in [2.24, 2.45) is 0 Å². The maximum absolute atomic E-state index is 11.7. The highest BCUT2D eigenvalue weighted by Gasteiger charge is 2.38. The lowest BCUT2D eigenvalue weighted by atomic mass is 10.2. The van der Waals surface area contributed by atoms with Crippen molar-refractivity contribution < 1.29 is 17.6 Å². The molecule has 1 aromatic heterocycles. The van der Waals surface area contributed by atoms with Crippen LogP contribution in [0.5, 0.6) is 0 Å². The molecule has 7 heteroatoms. The molecule has 16 heavy (non-hydrogen) atoms. The third kappa shape index (κ3) is 2.15. The first-order valence-electron chi connectivity index (χ1n) is 4.60. The second-order valence-electron chi connectivity index (χ2n) is 3.79. The fraction of sp³-hybridized carbons (Fsp3) is 0.444. The lowest BCUT2D eigenvalue weighted by Gasteiger charge is -2.37. The second kappa shape index (κ2) is 3.89. The molecule has 1 saturated heterocycles. The topological polar surface area (TPSA) is 67.6 Å². The Morgan fingerprint density at radius 1 is 1.56 bits per heavy atom. The summed E-state index contributed by atoms with van der Waals surface area (Å²) in [6.07, 6.45) is 2.60. The van der Waals surface area contributed by atoms with Gasteiger partial charge in [0, 0.05) is 25.4 Å². The number of carbonyl (C=O) groups excluding carboxylic acids is 1. The maximum Gasteiger partial charge on any atom is 0.289 e. The van der Waals surface area contributed by atoms with Crippen LogP contribution in [0.25, 0.3) is 0 Å². The predicted molar refractivity (Wildman–Crippen MR) is 60.9 cm³/mol.